The zero-order valence-electron chi connectivity index (χ0n) is 7.87. The van der Waals surface area contributed by atoms with E-state index in [9.17, 15) is 14.4 Å². The number of carbonyl (C=O) groups is 3. The average Bonchev–Trinajstić information content (AvgIpc) is 2.20. The zero-order chi connectivity index (χ0) is 11.7. The van der Waals surface area contributed by atoms with Crippen LogP contribution in [0.2, 0.25) is 0 Å². The van der Waals surface area contributed by atoms with Crippen LogP contribution >= 0.6 is 0 Å². The van der Waals surface area contributed by atoms with Crippen LogP contribution in [0.5, 0.6) is 0 Å². The van der Waals surface area contributed by atoms with Crippen molar-refractivity contribution in [3.05, 3.63) is 0 Å². The second kappa shape index (κ2) is 7.20. The van der Waals surface area contributed by atoms with Gasteiger partial charge >= 0.3 is 6.09 Å². The van der Waals surface area contributed by atoms with Gasteiger partial charge in [0.2, 0.25) is 11.8 Å². The lowest BCUT2D eigenvalue weighted by Gasteiger charge is -2.04. The van der Waals surface area contributed by atoms with Gasteiger partial charge < -0.3 is 21.1 Å². The van der Waals surface area contributed by atoms with Crippen LogP contribution in [0.3, 0.4) is 0 Å². The van der Waals surface area contributed by atoms with Crippen molar-refractivity contribution in [3.8, 4) is 12.3 Å². The molecule has 0 aromatic rings. The minimum Gasteiger partial charge on any atom is -0.465 e. The van der Waals surface area contributed by atoms with Gasteiger partial charge in [0.05, 0.1) is 19.6 Å². The van der Waals surface area contributed by atoms with E-state index in [4.69, 9.17) is 11.5 Å². The average molecular weight is 213 g/mol. The summed E-state index contributed by atoms with van der Waals surface area (Å²) in [6, 6.07) is 0. The first-order chi connectivity index (χ1) is 7.06. The maximum absolute atomic E-state index is 10.9. The Balaban J connectivity index is 3.58. The molecule has 0 heterocycles. The Bertz CT molecular complexity index is 295. The lowest BCUT2D eigenvalue weighted by Crippen LogP contribution is -2.41. The lowest BCUT2D eigenvalue weighted by molar-refractivity contribution is -0.125. The third-order valence-corrected chi connectivity index (χ3v) is 1.23. The van der Waals surface area contributed by atoms with Gasteiger partial charge in [0.1, 0.15) is 0 Å². The van der Waals surface area contributed by atoms with Crippen molar-refractivity contribution in [1.29, 1.82) is 0 Å². The van der Waals surface area contributed by atoms with Gasteiger partial charge in [-0.25, -0.2) is 4.79 Å². The Hall–Kier alpha value is -2.23. The zero-order valence-corrected chi connectivity index (χ0v) is 7.87. The first kappa shape index (κ1) is 12.8. The molecule has 0 spiro atoms. The summed E-state index contributed by atoms with van der Waals surface area (Å²) in [4.78, 5) is 31.7. The first-order valence-corrected chi connectivity index (χ1v) is 4.00. The van der Waals surface area contributed by atoms with Gasteiger partial charge in [0.25, 0.3) is 0 Å². The van der Waals surface area contributed by atoms with Crippen molar-refractivity contribution < 1.29 is 19.5 Å². The van der Waals surface area contributed by atoms with E-state index in [1.807, 2.05) is 5.32 Å². The molecule has 0 aromatic carbocycles. The van der Waals surface area contributed by atoms with Gasteiger partial charge in [-0.1, -0.05) is 5.92 Å². The molecule has 0 aromatic heterocycles. The van der Waals surface area contributed by atoms with Crippen LogP contribution in [0.4, 0.5) is 4.79 Å². The van der Waals surface area contributed by atoms with Crippen molar-refractivity contribution in [2.24, 2.45) is 0 Å². The molecule has 0 bridgehead atoms. The van der Waals surface area contributed by atoms with E-state index < -0.39 is 24.5 Å². The summed E-state index contributed by atoms with van der Waals surface area (Å²) in [7, 11) is 0. The third-order valence-electron chi connectivity index (χ3n) is 1.23. The summed E-state index contributed by atoms with van der Waals surface area (Å²) in [5, 5.41) is 14.5. The van der Waals surface area contributed by atoms with Crippen LogP contribution < -0.4 is 16.0 Å². The van der Waals surface area contributed by atoms with E-state index in [-0.39, 0.29) is 13.1 Å². The van der Waals surface area contributed by atoms with Gasteiger partial charge in [0, 0.05) is 0 Å². The van der Waals surface area contributed by atoms with E-state index in [1.54, 1.807) is 0 Å². The molecule has 0 rings (SSSR count). The summed E-state index contributed by atoms with van der Waals surface area (Å²) >= 11 is 0. The molecule has 82 valence electrons. The summed E-state index contributed by atoms with van der Waals surface area (Å²) in [6.07, 6.45) is 3.58. The highest BCUT2D eigenvalue weighted by Crippen LogP contribution is 1.68. The molecular weight excluding hydrogens is 202 g/mol. The van der Waals surface area contributed by atoms with E-state index in [2.05, 4.69) is 16.6 Å². The normalized spacial score (nSPS) is 8.47. The highest BCUT2D eigenvalue weighted by Gasteiger charge is 2.05. The highest BCUT2D eigenvalue weighted by atomic mass is 16.4. The predicted molar refractivity (Wildman–Crippen MR) is 50.9 cm³/mol. The number of terminal acetylenes is 1. The molecule has 0 atom stereocenters. The SMILES string of the molecule is C#CCNC(=O)CNC(=O)CNC(=O)O. The molecule has 0 aliphatic carbocycles. The Kier molecular flexibility index (Phi) is 6.13. The number of carbonyl (C=O) groups excluding carboxylic acids is 2. The van der Waals surface area contributed by atoms with Crippen molar-refractivity contribution in [2.45, 2.75) is 0 Å². The van der Waals surface area contributed by atoms with E-state index >= 15 is 0 Å². The maximum Gasteiger partial charge on any atom is 0.405 e. The van der Waals surface area contributed by atoms with Crippen LogP contribution in [0.15, 0.2) is 0 Å². The minimum absolute atomic E-state index is 0.0854. The Morgan fingerprint density at radius 2 is 1.60 bits per heavy atom. The van der Waals surface area contributed by atoms with Crippen molar-refractivity contribution in [1.82, 2.24) is 16.0 Å². The van der Waals surface area contributed by atoms with Gasteiger partial charge in [-0.15, -0.1) is 6.42 Å². The van der Waals surface area contributed by atoms with Crippen LogP contribution in [0.1, 0.15) is 0 Å². The molecule has 0 saturated heterocycles. The van der Waals surface area contributed by atoms with Crippen LogP contribution in [0, 0.1) is 12.3 Å². The van der Waals surface area contributed by atoms with Gasteiger partial charge in [0.15, 0.2) is 0 Å². The second-order valence-electron chi connectivity index (χ2n) is 2.42. The molecule has 0 aliphatic heterocycles. The Morgan fingerprint density at radius 3 is 2.13 bits per heavy atom. The summed E-state index contributed by atoms with van der Waals surface area (Å²) in [5.41, 5.74) is 0. The number of hydrogen-bond acceptors (Lipinski definition) is 3. The molecule has 3 amide bonds. The standard InChI is InChI=1S/C8H11N3O4/c1-2-3-9-6(12)4-10-7(13)5-11-8(14)15/h1,11H,3-5H2,(H,9,12)(H,10,13)(H,14,15). The summed E-state index contributed by atoms with van der Waals surface area (Å²) < 4.78 is 0. The van der Waals surface area contributed by atoms with Gasteiger partial charge in [-0.3, -0.25) is 9.59 Å². The molecular formula is C8H11N3O4. The Labute approximate surface area is 86.2 Å². The second-order valence-corrected chi connectivity index (χ2v) is 2.42. The molecule has 0 unspecified atom stereocenters. The fraction of sp³-hybridized carbons (Fsp3) is 0.375. The fourth-order valence-corrected chi connectivity index (χ4v) is 0.609. The fourth-order valence-electron chi connectivity index (χ4n) is 0.609. The lowest BCUT2D eigenvalue weighted by atomic mass is 10.5. The number of nitrogens with one attached hydrogen (secondary N) is 3. The number of rotatable bonds is 5. The monoisotopic (exact) mass is 213 g/mol. The molecule has 0 aliphatic rings. The van der Waals surface area contributed by atoms with Gasteiger partial charge in [-0.2, -0.15) is 0 Å². The number of hydrogen-bond donors (Lipinski definition) is 4. The highest BCUT2D eigenvalue weighted by molar-refractivity contribution is 5.86. The van der Waals surface area contributed by atoms with Crippen molar-refractivity contribution in [2.75, 3.05) is 19.6 Å². The predicted octanol–water partition coefficient (Wildman–Crippen LogP) is -1.88. The minimum atomic E-state index is -1.30. The molecule has 0 saturated carbocycles. The van der Waals surface area contributed by atoms with Gasteiger partial charge in [-0.05, 0) is 0 Å². The smallest absolute Gasteiger partial charge is 0.405 e. The first-order valence-electron chi connectivity index (χ1n) is 4.00. The van der Waals surface area contributed by atoms with Crippen LogP contribution in [-0.4, -0.2) is 42.6 Å². The summed E-state index contributed by atoms with van der Waals surface area (Å²) in [5.74, 6) is 1.17. The third kappa shape index (κ3) is 8.11. The molecule has 7 heteroatoms. The molecule has 0 radical (unpaired) electrons. The molecule has 7 nitrogen and oxygen atoms in total. The largest absolute Gasteiger partial charge is 0.465 e. The van der Waals surface area contributed by atoms with Crippen molar-refractivity contribution >= 4 is 17.9 Å². The quantitative estimate of drug-likeness (QED) is 0.401. The van der Waals surface area contributed by atoms with Crippen LogP contribution in [-0.2, 0) is 9.59 Å². The Morgan fingerprint density at radius 1 is 1.07 bits per heavy atom. The van der Waals surface area contributed by atoms with E-state index in [0.29, 0.717) is 0 Å². The van der Waals surface area contributed by atoms with Crippen LogP contribution in [0.25, 0.3) is 0 Å². The molecule has 4 N–H and O–H groups in total. The molecule has 0 fully saturated rings. The topological polar surface area (TPSA) is 108 Å². The number of amides is 3. The van der Waals surface area contributed by atoms with E-state index in [1.165, 1.54) is 0 Å². The van der Waals surface area contributed by atoms with Crippen molar-refractivity contribution in [3.63, 3.8) is 0 Å². The summed E-state index contributed by atoms with van der Waals surface area (Å²) in [6.45, 7) is -0.540. The maximum atomic E-state index is 10.9. The molecule has 15 heavy (non-hydrogen) atoms. The number of carboxylic acid groups (broad SMARTS) is 1. The van der Waals surface area contributed by atoms with E-state index in [0.717, 1.165) is 0 Å².